The van der Waals surface area contributed by atoms with Gasteiger partial charge in [0.1, 0.15) is 11.5 Å². The molecule has 0 aromatic heterocycles. The molecule has 1 aliphatic heterocycles. The van der Waals surface area contributed by atoms with Gasteiger partial charge >= 0.3 is 15.6 Å². The van der Waals surface area contributed by atoms with E-state index in [2.05, 4.69) is 4.18 Å². The molecule has 0 amide bonds. The van der Waals surface area contributed by atoms with Gasteiger partial charge in [0.05, 0.1) is 0 Å². The Morgan fingerprint density at radius 2 is 1.73 bits per heavy atom. The monoisotopic (exact) mass is 400 g/mol. The zero-order valence-corrected chi connectivity index (χ0v) is 14.2. The zero-order chi connectivity index (χ0) is 18.7. The van der Waals surface area contributed by atoms with Crippen LogP contribution in [0.15, 0.2) is 48.5 Å². The SMILES string of the molecule is O=S(=O)(Oc1ccc2c3c(cccc13)-c1ccc(Cl)cc1O2)C(F)(F)F. The van der Waals surface area contributed by atoms with Crippen molar-refractivity contribution in [2.24, 2.45) is 0 Å². The van der Waals surface area contributed by atoms with Gasteiger partial charge in [-0.05, 0) is 29.8 Å². The number of halogens is 4. The lowest BCUT2D eigenvalue weighted by molar-refractivity contribution is -0.0499. The molecule has 4 nitrogen and oxygen atoms in total. The van der Waals surface area contributed by atoms with Crippen molar-refractivity contribution in [1.82, 2.24) is 0 Å². The summed E-state index contributed by atoms with van der Waals surface area (Å²) in [6, 6.07) is 12.3. The second-order valence-electron chi connectivity index (χ2n) is 5.52. The zero-order valence-electron chi connectivity index (χ0n) is 12.7. The van der Waals surface area contributed by atoms with Crippen LogP contribution >= 0.6 is 11.6 Å². The highest BCUT2D eigenvalue weighted by molar-refractivity contribution is 7.88. The van der Waals surface area contributed by atoms with Crippen molar-refractivity contribution in [2.45, 2.75) is 5.51 Å². The lowest BCUT2D eigenvalue weighted by Crippen LogP contribution is -2.28. The largest absolute Gasteiger partial charge is 0.534 e. The fourth-order valence-electron chi connectivity index (χ4n) is 2.82. The summed E-state index contributed by atoms with van der Waals surface area (Å²) < 4.78 is 70.7. The van der Waals surface area contributed by atoms with Gasteiger partial charge in [0, 0.05) is 27.4 Å². The predicted octanol–water partition coefficient (Wildman–Crippen LogP) is 5.49. The molecular weight excluding hydrogens is 393 g/mol. The molecule has 0 aliphatic carbocycles. The molecule has 9 heteroatoms. The maximum absolute atomic E-state index is 12.6. The van der Waals surface area contributed by atoms with E-state index >= 15 is 0 Å². The predicted molar refractivity (Wildman–Crippen MR) is 90.1 cm³/mol. The van der Waals surface area contributed by atoms with Crippen molar-refractivity contribution in [3.05, 3.63) is 53.6 Å². The molecule has 0 radical (unpaired) electrons. The van der Waals surface area contributed by atoms with Gasteiger partial charge in [-0.2, -0.15) is 21.6 Å². The van der Waals surface area contributed by atoms with Gasteiger partial charge in [0.2, 0.25) is 0 Å². The van der Waals surface area contributed by atoms with Crippen molar-refractivity contribution in [1.29, 1.82) is 0 Å². The first kappa shape index (κ1) is 17.0. The van der Waals surface area contributed by atoms with Crippen LogP contribution in [0.25, 0.3) is 21.9 Å². The van der Waals surface area contributed by atoms with Crippen LogP contribution in [-0.4, -0.2) is 13.9 Å². The highest BCUT2D eigenvalue weighted by atomic mass is 35.5. The minimum absolute atomic E-state index is 0.188. The summed E-state index contributed by atoms with van der Waals surface area (Å²) in [5, 5.41) is 1.11. The van der Waals surface area contributed by atoms with E-state index in [0.717, 1.165) is 6.07 Å². The molecule has 0 N–H and O–H groups in total. The Hall–Kier alpha value is -2.45. The summed E-state index contributed by atoms with van der Waals surface area (Å²) in [7, 11) is -5.78. The maximum atomic E-state index is 12.6. The molecule has 134 valence electrons. The van der Waals surface area contributed by atoms with Gasteiger partial charge in [-0.15, -0.1) is 0 Å². The Morgan fingerprint density at radius 3 is 2.46 bits per heavy atom. The van der Waals surface area contributed by atoms with Gasteiger partial charge in [-0.25, -0.2) is 0 Å². The van der Waals surface area contributed by atoms with Crippen molar-refractivity contribution in [3.63, 3.8) is 0 Å². The van der Waals surface area contributed by atoms with Crippen LogP contribution < -0.4 is 8.92 Å². The van der Waals surface area contributed by atoms with Crippen LogP contribution in [0.4, 0.5) is 13.2 Å². The first-order valence-electron chi connectivity index (χ1n) is 7.22. The minimum Gasteiger partial charge on any atom is -0.456 e. The first-order chi connectivity index (χ1) is 12.2. The molecule has 26 heavy (non-hydrogen) atoms. The molecule has 4 rings (SSSR count). The van der Waals surface area contributed by atoms with Crippen LogP contribution in [0, 0.1) is 0 Å². The number of hydrogen-bond donors (Lipinski definition) is 0. The Morgan fingerprint density at radius 1 is 0.962 bits per heavy atom. The van der Waals surface area contributed by atoms with Crippen molar-refractivity contribution >= 4 is 32.5 Å². The number of hydrogen-bond acceptors (Lipinski definition) is 4. The lowest BCUT2D eigenvalue weighted by atomic mass is 9.94. The molecule has 0 saturated heterocycles. The standard InChI is InChI=1S/C17H8ClF3O4S/c18-9-4-5-10-11-2-1-3-12-13(25-26(22,23)17(19,20)21)6-7-14(16(11)12)24-15(10)8-9/h1-8H. The van der Waals surface area contributed by atoms with E-state index in [-0.39, 0.29) is 5.39 Å². The summed E-state index contributed by atoms with van der Waals surface area (Å²) in [5.74, 6) is 0.431. The second kappa shape index (κ2) is 5.52. The third-order valence-electron chi connectivity index (χ3n) is 3.90. The van der Waals surface area contributed by atoms with Crippen LogP contribution in [0.5, 0.6) is 17.2 Å². The van der Waals surface area contributed by atoms with E-state index in [0.29, 0.717) is 33.0 Å². The Kier molecular flexibility index (Phi) is 3.61. The molecule has 0 bridgehead atoms. The lowest BCUT2D eigenvalue weighted by Gasteiger charge is -2.22. The van der Waals surface area contributed by atoms with E-state index in [1.54, 1.807) is 30.3 Å². The quantitative estimate of drug-likeness (QED) is 0.329. The molecule has 0 fully saturated rings. The van der Waals surface area contributed by atoms with E-state index in [9.17, 15) is 21.6 Å². The minimum atomic E-state index is -5.78. The summed E-state index contributed by atoms with van der Waals surface area (Å²) in [6.07, 6.45) is 0. The maximum Gasteiger partial charge on any atom is 0.534 e. The molecule has 0 atom stereocenters. The Labute approximate surface area is 150 Å². The van der Waals surface area contributed by atoms with Gasteiger partial charge in [-0.3, -0.25) is 0 Å². The molecule has 3 aromatic rings. The number of fused-ring (bicyclic) bond motifs is 2. The fraction of sp³-hybridized carbons (Fsp3) is 0.0588. The molecular formula is C17H8ClF3O4S. The Bertz CT molecular complexity index is 1160. The van der Waals surface area contributed by atoms with Crippen molar-refractivity contribution in [3.8, 4) is 28.4 Å². The smallest absolute Gasteiger partial charge is 0.456 e. The van der Waals surface area contributed by atoms with E-state index in [1.165, 1.54) is 12.1 Å². The molecule has 0 unspecified atom stereocenters. The second-order valence-corrected chi connectivity index (χ2v) is 7.49. The number of rotatable bonds is 2. The van der Waals surface area contributed by atoms with Crippen molar-refractivity contribution in [2.75, 3.05) is 0 Å². The molecule has 3 aromatic carbocycles. The number of ether oxygens (including phenoxy) is 1. The molecule has 1 aliphatic rings. The van der Waals surface area contributed by atoms with Crippen LogP contribution in [0.3, 0.4) is 0 Å². The topological polar surface area (TPSA) is 52.6 Å². The fourth-order valence-corrected chi connectivity index (χ4v) is 3.46. The number of alkyl halides is 3. The highest BCUT2D eigenvalue weighted by Crippen LogP contribution is 2.49. The third-order valence-corrected chi connectivity index (χ3v) is 5.10. The van der Waals surface area contributed by atoms with Crippen LogP contribution in [0.2, 0.25) is 5.02 Å². The van der Waals surface area contributed by atoms with E-state index < -0.39 is 21.4 Å². The third kappa shape index (κ3) is 2.57. The average Bonchev–Trinajstić information content (AvgIpc) is 2.56. The van der Waals surface area contributed by atoms with Gasteiger partial charge in [-0.1, -0.05) is 29.8 Å². The average molecular weight is 401 g/mol. The Balaban J connectivity index is 1.94. The molecule has 0 spiro atoms. The summed E-state index contributed by atoms with van der Waals surface area (Å²) >= 11 is 5.97. The van der Waals surface area contributed by atoms with Gasteiger partial charge in [0.25, 0.3) is 0 Å². The van der Waals surface area contributed by atoms with E-state index in [1.807, 2.05) is 0 Å². The summed E-state index contributed by atoms with van der Waals surface area (Å²) in [5.41, 5.74) is -4.17. The van der Waals surface area contributed by atoms with Gasteiger partial charge < -0.3 is 8.92 Å². The summed E-state index contributed by atoms with van der Waals surface area (Å²) in [6.45, 7) is 0. The van der Waals surface area contributed by atoms with Gasteiger partial charge in [0.15, 0.2) is 5.75 Å². The molecule has 0 saturated carbocycles. The summed E-state index contributed by atoms with van der Waals surface area (Å²) in [4.78, 5) is 0. The van der Waals surface area contributed by atoms with Crippen molar-refractivity contribution < 1.29 is 30.5 Å². The first-order valence-corrected chi connectivity index (χ1v) is 9.00. The normalized spacial score (nSPS) is 13.2. The van der Waals surface area contributed by atoms with Crippen LogP contribution in [-0.2, 0) is 10.1 Å². The number of benzene rings is 3. The molecule has 1 heterocycles. The van der Waals surface area contributed by atoms with Crippen LogP contribution in [0.1, 0.15) is 0 Å². The van der Waals surface area contributed by atoms with E-state index in [4.69, 9.17) is 16.3 Å². The highest BCUT2D eigenvalue weighted by Gasteiger charge is 2.48.